The standard InChI is InChI=1S/C14H15N3O3S/c1-9-6-10(15)8-11(7-9)21(19,20)17-13-5-3-2-4-12(13)14(16)18/h2-8,17H,15H2,1H3,(H2,16,18). The summed E-state index contributed by atoms with van der Waals surface area (Å²) in [6, 6.07) is 10.6. The molecule has 1 amide bonds. The molecule has 0 aliphatic heterocycles. The zero-order valence-electron chi connectivity index (χ0n) is 11.3. The first-order valence-corrected chi connectivity index (χ1v) is 7.57. The highest BCUT2D eigenvalue weighted by molar-refractivity contribution is 7.92. The van der Waals surface area contributed by atoms with Gasteiger partial charge in [0.05, 0.1) is 16.1 Å². The normalized spacial score (nSPS) is 11.1. The van der Waals surface area contributed by atoms with Crippen molar-refractivity contribution in [3.05, 3.63) is 53.6 Å². The molecule has 0 heterocycles. The van der Waals surface area contributed by atoms with E-state index in [-0.39, 0.29) is 16.1 Å². The van der Waals surface area contributed by atoms with Gasteiger partial charge in [-0.3, -0.25) is 9.52 Å². The van der Waals surface area contributed by atoms with Crippen molar-refractivity contribution in [3.8, 4) is 0 Å². The quantitative estimate of drug-likeness (QED) is 0.742. The zero-order valence-corrected chi connectivity index (χ0v) is 12.1. The minimum absolute atomic E-state index is 0.0271. The molecule has 0 bridgehead atoms. The molecule has 2 aromatic rings. The van der Waals surface area contributed by atoms with E-state index in [4.69, 9.17) is 11.5 Å². The van der Waals surface area contributed by atoms with Crippen LogP contribution in [0.25, 0.3) is 0 Å². The molecule has 0 fully saturated rings. The Bertz CT molecular complexity index is 781. The summed E-state index contributed by atoms with van der Waals surface area (Å²) in [7, 11) is -3.85. The molecule has 0 saturated carbocycles. The van der Waals surface area contributed by atoms with Gasteiger partial charge in [-0.15, -0.1) is 0 Å². The predicted molar refractivity (Wildman–Crippen MR) is 81.4 cm³/mol. The smallest absolute Gasteiger partial charge is 0.261 e. The van der Waals surface area contributed by atoms with Gasteiger partial charge in [-0.05, 0) is 42.8 Å². The summed E-state index contributed by atoms with van der Waals surface area (Å²) in [5, 5.41) is 0. The molecule has 7 heteroatoms. The summed E-state index contributed by atoms with van der Waals surface area (Å²) < 4.78 is 27.1. The van der Waals surface area contributed by atoms with E-state index in [1.54, 1.807) is 25.1 Å². The lowest BCUT2D eigenvalue weighted by atomic mass is 10.2. The van der Waals surface area contributed by atoms with Gasteiger partial charge in [-0.1, -0.05) is 12.1 Å². The fourth-order valence-electron chi connectivity index (χ4n) is 1.92. The van der Waals surface area contributed by atoms with Crippen molar-refractivity contribution in [2.45, 2.75) is 11.8 Å². The SMILES string of the molecule is Cc1cc(N)cc(S(=O)(=O)Nc2ccccc2C(N)=O)c1. The van der Waals surface area contributed by atoms with Crippen molar-refractivity contribution in [3.63, 3.8) is 0 Å². The number of hydrogen-bond acceptors (Lipinski definition) is 4. The molecule has 0 spiro atoms. The highest BCUT2D eigenvalue weighted by atomic mass is 32.2. The lowest BCUT2D eigenvalue weighted by molar-refractivity contribution is 0.100. The van der Waals surface area contributed by atoms with E-state index in [0.29, 0.717) is 5.69 Å². The molecule has 110 valence electrons. The highest BCUT2D eigenvalue weighted by Crippen LogP contribution is 2.22. The second-order valence-corrected chi connectivity index (χ2v) is 6.28. The van der Waals surface area contributed by atoms with Crippen LogP contribution in [0.1, 0.15) is 15.9 Å². The summed E-state index contributed by atoms with van der Waals surface area (Å²) in [5.74, 6) is -0.711. The lowest BCUT2D eigenvalue weighted by Crippen LogP contribution is -2.18. The number of aryl methyl sites for hydroxylation is 1. The number of nitrogens with one attached hydrogen (secondary N) is 1. The van der Waals surface area contributed by atoms with Crippen LogP contribution < -0.4 is 16.2 Å². The molecule has 0 aromatic heterocycles. The molecule has 0 aliphatic carbocycles. The van der Waals surface area contributed by atoms with Crippen LogP contribution in [0.5, 0.6) is 0 Å². The van der Waals surface area contributed by atoms with Crippen molar-refractivity contribution in [2.24, 2.45) is 5.73 Å². The predicted octanol–water partition coefficient (Wildman–Crippen LogP) is 1.48. The summed E-state index contributed by atoms with van der Waals surface area (Å²) in [6.07, 6.45) is 0. The Balaban J connectivity index is 2.45. The van der Waals surface area contributed by atoms with Crippen molar-refractivity contribution >= 4 is 27.3 Å². The monoisotopic (exact) mass is 305 g/mol. The van der Waals surface area contributed by atoms with Crippen molar-refractivity contribution in [1.82, 2.24) is 0 Å². The van der Waals surface area contributed by atoms with Gasteiger partial charge in [-0.25, -0.2) is 8.42 Å². The van der Waals surface area contributed by atoms with Crippen LogP contribution in [0.2, 0.25) is 0 Å². The van der Waals surface area contributed by atoms with E-state index in [2.05, 4.69) is 4.72 Å². The van der Waals surface area contributed by atoms with Crippen molar-refractivity contribution < 1.29 is 13.2 Å². The first-order chi connectivity index (χ1) is 9.79. The van der Waals surface area contributed by atoms with Crippen LogP contribution in [-0.4, -0.2) is 14.3 Å². The molecule has 6 nitrogen and oxygen atoms in total. The Hall–Kier alpha value is -2.54. The maximum Gasteiger partial charge on any atom is 0.261 e. The third-order valence-electron chi connectivity index (χ3n) is 2.82. The number of primary amides is 1. The fraction of sp³-hybridized carbons (Fsp3) is 0.0714. The minimum Gasteiger partial charge on any atom is -0.399 e. The molecule has 0 saturated heterocycles. The largest absolute Gasteiger partial charge is 0.399 e. The molecule has 0 unspecified atom stereocenters. The Morgan fingerprint density at radius 3 is 2.43 bits per heavy atom. The van der Waals surface area contributed by atoms with Gasteiger partial charge in [0, 0.05) is 5.69 Å². The Kier molecular flexibility index (Phi) is 3.86. The lowest BCUT2D eigenvalue weighted by Gasteiger charge is -2.11. The number of para-hydroxylation sites is 1. The van der Waals surface area contributed by atoms with Crippen LogP contribution in [-0.2, 0) is 10.0 Å². The van der Waals surface area contributed by atoms with Crippen LogP contribution in [0.15, 0.2) is 47.4 Å². The molecular formula is C14H15N3O3S. The number of anilines is 2. The Morgan fingerprint density at radius 1 is 1.14 bits per heavy atom. The molecular weight excluding hydrogens is 290 g/mol. The maximum absolute atomic E-state index is 12.4. The van der Waals surface area contributed by atoms with Gasteiger partial charge < -0.3 is 11.5 Å². The summed E-state index contributed by atoms with van der Waals surface area (Å²) >= 11 is 0. The number of hydrogen-bond donors (Lipinski definition) is 3. The Morgan fingerprint density at radius 2 is 1.81 bits per heavy atom. The molecule has 0 aliphatic rings. The number of nitrogen functional groups attached to an aromatic ring is 1. The molecule has 5 N–H and O–H groups in total. The van der Waals surface area contributed by atoms with Crippen molar-refractivity contribution in [2.75, 3.05) is 10.5 Å². The third-order valence-corrected chi connectivity index (χ3v) is 4.17. The van der Waals surface area contributed by atoms with Gasteiger partial charge in [0.25, 0.3) is 15.9 Å². The average molecular weight is 305 g/mol. The number of nitrogens with two attached hydrogens (primary N) is 2. The van der Waals surface area contributed by atoms with Gasteiger partial charge in [0.2, 0.25) is 0 Å². The van der Waals surface area contributed by atoms with E-state index in [1.807, 2.05) is 0 Å². The number of carbonyl (C=O) groups excluding carboxylic acids is 1. The third kappa shape index (κ3) is 3.32. The molecule has 2 aromatic carbocycles. The van der Waals surface area contributed by atoms with Crippen LogP contribution in [0.3, 0.4) is 0 Å². The van der Waals surface area contributed by atoms with E-state index < -0.39 is 15.9 Å². The second kappa shape index (κ2) is 5.45. The van der Waals surface area contributed by atoms with Crippen LogP contribution in [0, 0.1) is 6.92 Å². The van der Waals surface area contributed by atoms with Gasteiger partial charge >= 0.3 is 0 Å². The maximum atomic E-state index is 12.4. The fourth-order valence-corrected chi connectivity index (χ4v) is 3.14. The number of benzene rings is 2. The number of rotatable bonds is 4. The second-order valence-electron chi connectivity index (χ2n) is 4.59. The molecule has 0 radical (unpaired) electrons. The average Bonchev–Trinajstić information content (AvgIpc) is 2.37. The summed E-state index contributed by atoms with van der Waals surface area (Å²) in [4.78, 5) is 11.3. The summed E-state index contributed by atoms with van der Waals surface area (Å²) in [6.45, 7) is 1.74. The van der Waals surface area contributed by atoms with E-state index in [0.717, 1.165) is 5.56 Å². The van der Waals surface area contributed by atoms with Gasteiger partial charge in [-0.2, -0.15) is 0 Å². The van der Waals surface area contributed by atoms with Crippen LogP contribution in [0.4, 0.5) is 11.4 Å². The highest BCUT2D eigenvalue weighted by Gasteiger charge is 2.18. The van der Waals surface area contributed by atoms with Crippen molar-refractivity contribution in [1.29, 1.82) is 0 Å². The molecule has 2 rings (SSSR count). The minimum atomic E-state index is -3.85. The number of sulfonamides is 1. The summed E-state index contributed by atoms with van der Waals surface area (Å²) in [5.41, 5.74) is 12.2. The van der Waals surface area contributed by atoms with Gasteiger partial charge in [0.15, 0.2) is 0 Å². The topological polar surface area (TPSA) is 115 Å². The zero-order chi connectivity index (χ0) is 15.6. The van der Waals surface area contributed by atoms with Crippen LogP contribution >= 0.6 is 0 Å². The first-order valence-electron chi connectivity index (χ1n) is 6.08. The van der Waals surface area contributed by atoms with E-state index >= 15 is 0 Å². The number of carbonyl (C=O) groups is 1. The first kappa shape index (κ1) is 14.9. The van der Waals surface area contributed by atoms with Gasteiger partial charge in [0.1, 0.15) is 0 Å². The Labute approximate surface area is 122 Å². The number of amides is 1. The molecule has 21 heavy (non-hydrogen) atoms. The van der Waals surface area contributed by atoms with E-state index in [1.165, 1.54) is 24.3 Å². The van der Waals surface area contributed by atoms with E-state index in [9.17, 15) is 13.2 Å². The molecule has 0 atom stereocenters.